The van der Waals surface area contributed by atoms with Gasteiger partial charge in [0.25, 0.3) is 0 Å². The smallest absolute Gasteiger partial charge is 0.347 e. The first-order chi connectivity index (χ1) is 17.4. The molecule has 0 saturated carbocycles. The van der Waals surface area contributed by atoms with Gasteiger partial charge in [-0.3, -0.25) is 5.21 Å². The molecule has 8 nitrogen and oxygen atoms in total. The number of rotatable bonds is 4. The number of fused-ring (bicyclic) bond motifs is 1. The number of phenols is 1. The molecule has 0 spiro atoms. The fourth-order valence-corrected chi connectivity index (χ4v) is 5.50. The molecule has 1 saturated heterocycles. The van der Waals surface area contributed by atoms with Crippen molar-refractivity contribution in [2.75, 3.05) is 5.32 Å². The van der Waals surface area contributed by atoms with Crippen LogP contribution in [0.5, 0.6) is 5.75 Å². The molecule has 0 aliphatic carbocycles. The molecule has 1 fully saturated rings. The standard InChI is InChI=1S/C23H21ClN4O3S2.C3H8O/c1-23(2)20(28(31)21(30)26-16-10-8-15(24)9-11-16)27(22(32)33-23)25-13-18-17-6-4-3-5-14(17)7-12-19(18)29;1-3(2)4/h3-13,20,29,31H,1-2H3,(H,26,30);3-4H,1-2H3/b25-13+;. The summed E-state index contributed by atoms with van der Waals surface area (Å²) in [7, 11) is 0. The van der Waals surface area contributed by atoms with Crippen molar-refractivity contribution < 1.29 is 20.2 Å². The van der Waals surface area contributed by atoms with Crippen LogP contribution in [0.4, 0.5) is 10.5 Å². The SMILES string of the molecule is CC(C)O.CC1(C)SC(=S)N(/N=C/c2c(O)ccc3ccccc23)C1N(O)C(=O)Nc1ccc(Cl)cc1. The quantitative estimate of drug-likeness (QED) is 0.129. The zero-order chi connectivity index (χ0) is 27.3. The van der Waals surface area contributed by atoms with E-state index < -0.39 is 16.9 Å². The third-order valence-corrected chi connectivity index (χ3v) is 6.97. The lowest BCUT2D eigenvalue weighted by molar-refractivity contribution is -0.114. The van der Waals surface area contributed by atoms with Crippen molar-refractivity contribution in [2.24, 2.45) is 5.10 Å². The Kier molecular flexibility index (Phi) is 9.38. The van der Waals surface area contributed by atoms with E-state index in [0.29, 0.717) is 25.7 Å². The number of carbonyl (C=O) groups is 1. The lowest BCUT2D eigenvalue weighted by Gasteiger charge is -2.34. The van der Waals surface area contributed by atoms with Gasteiger partial charge in [0.05, 0.1) is 11.0 Å². The van der Waals surface area contributed by atoms with Crippen molar-refractivity contribution in [3.63, 3.8) is 0 Å². The molecular formula is C26H29ClN4O4S2. The van der Waals surface area contributed by atoms with E-state index in [-0.39, 0.29) is 11.9 Å². The monoisotopic (exact) mass is 560 g/mol. The number of nitrogens with one attached hydrogen (secondary N) is 1. The number of hydrazone groups is 1. The molecule has 0 aromatic heterocycles. The Bertz CT molecular complexity index is 1300. The number of hydroxylamine groups is 2. The number of aliphatic hydroxyl groups excluding tert-OH is 1. The van der Waals surface area contributed by atoms with E-state index in [9.17, 15) is 15.1 Å². The third kappa shape index (κ3) is 7.12. The number of urea groups is 1. The second-order valence-electron chi connectivity index (χ2n) is 9.03. The van der Waals surface area contributed by atoms with Crippen LogP contribution in [0.3, 0.4) is 0 Å². The Morgan fingerprint density at radius 1 is 1.19 bits per heavy atom. The van der Waals surface area contributed by atoms with Gasteiger partial charge in [0.1, 0.15) is 5.75 Å². The Balaban J connectivity index is 0.000000886. The number of benzene rings is 3. The van der Waals surface area contributed by atoms with E-state index in [1.54, 1.807) is 44.2 Å². The Labute approximate surface area is 230 Å². The molecule has 1 unspecified atom stereocenters. The molecule has 1 atom stereocenters. The average Bonchev–Trinajstić information content (AvgIpc) is 3.06. The van der Waals surface area contributed by atoms with Crippen LogP contribution in [0.25, 0.3) is 10.8 Å². The number of hydrogen-bond donors (Lipinski definition) is 4. The van der Waals surface area contributed by atoms with Gasteiger partial charge in [-0.15, -0.1) is 0 Å². The summed E-state index contributed by atoms with van der Waals surface area (Å²) in [4.78, 5) is 12.8. The zero-order valence-electron chi connectivity index (χ0n) is 20.8. The van der Waals surface area contributed by atoms with Crippen molar-refractivity contribution in [2.45, 2.75) is 44.7 Å². The van der Waals surface area contributed by atoms with Crippen LogP contribution in [0, 0.1) is 0 Å². The van der Waals surface area contributed by atoms with Gasteiger partial charge in [-0.25, -0.2) is 9.80 Å². The van der Waals surface area contributed by atoms with Gasteiger partial charge < -0.3 is 15.5 Å². The van der Waals surface area contributed by atoms with Crippen LogP contribution >= 0.6 is 35.6 Å². The number of hydrogen-bond acceptors (Lipinski definition) is 7. The minimum absolute atomic E-state index is 0.0624. The highest BCUT2D eigenvalue weighted by Gasteiger charge is 2.50. The fourth-order valence-electron chi connectivity index (χ4n) is 3.59. The summed E-state index contributed by atoms with van der Waals surface area (Å²) in [5.74, 6) is 0.0624. The summed E-state index contributed by atoms with van der Waals surface area (Å²) in [5, 5.41) is 40.7. The van der Waals surface area contributed by atoms with E-state index in [2.05, 4.69) is 10.4 Å². The molecule has 4 N–H and O–H groups in total. The number of aromatic hydroxyl groups is 1. The molecule has 2 amide bonds. The van der Waals surface area contributed by atoms with Gasteiger partial charge >= 0.3 is 6.03 Å². The molecule has 1 aliphatic rings. The molecule has 37 heavy (non-hydrogen) atoms. The van der Waals surface area contributed by atoms with Crippen molar-refractivity contribution in [1.29, 1.82) is 0 Å². The van der Waals surface area contributed by atoms with E-state index in [1.807, 2.05) is 44.2 Å². The normalized spacial score (nSPS) is 16.7. The van der Waals surface area contributed by atoms with Crippen LogP contribution in [0.2, 0.25) is 5.02 Å². The van der Waals surface area contributed by atoms with Gasteiger partial charge in [-0.1, -0.05) is 65.9 Å². The number of carbonyl (C=O) groups excluding carboxylic acids is 1. The van der Waals surface area contributed by atoms with Gasteiger partial charge in [-0.05, 0) is 68.8 Å². The van der Waals surface area contributed by atoms with Crippen LogP contribution < -0.4 is 5.32 Å². The number of aliphatic hydroxyl groups is 1. The number of thioether (sulfide) groups is 1. The number of phenolic OH excluding ortho intramolecular Hbond substituents is 1. The van der Waals surface area contributed by atoms with E-state index in [1.165, 1.54) is 23.0 Å². The predicted octanol–water partition coefficient (Wildman–Crippen LogP) is 6.28. The molecule has 0 bridgehead atoms. The molecule has 196 valence electrons. The highest BCUT2D eigenvalue weighted by Crippen LogP contribution is 2.43. The number of nitrogens with zero attached hydrogens (tertiary/aromatic N) is 3. The Morgan fingerprint density at radius 2 is 1.81 bits per heavy atom. The van der Waals surface area contributed by atoms with E-state index in [0.717, 1.165) is 10.8 Å². The largest absolute Gasteiger partial charge is 0.507 e. The first-order valence-corrected chi connectivity index (χ1v) is 13.0. The van der Waals surface area contributed by atoms with Crippen molar-refractivity contribution in [1.82, 2.24) is 10.1 Å². The predicted molar refractivity (Wildman–Crippen MR) is 155 cm³/mol. The molecule has 1 heterocycles. The average molecular weight is 561 g/mol. The topological polar surface area (TPSA) is 109 Å². The number of thiocarbonyl (C=S) groups is 1. The maximum absolute atomic E-state index is 12.8. The summed E-state index contributed by atoms with van der Waals surface area (Å²) in [6.45, 7) is 7.16. The van der Waals surface area contributed by atoms with Gasteiger partial charge in [0.2, 0.25) is 0 Å². The summed E-state index contributed by atoms with van der Waals surface area (Å²) in [5.41, 5.74) is 0.990. The Morgan fingerprint density at radius 3 is 2.46 bits per heavy atom. The van der Waals surface area contributed by atoms with Crippen molar-refractivity contribution in [3.05, 3.63) is 71.2 Å². The molecule has 0 radical (unpaired) electrons. The first-order valence-electron chi connectivity index (χ1n) is 11.4. The summed E-state index contributed by atoms with van der Waals surface area (Å²) in [6.07, 6.45) is 0.430. The zero-order valence-corrected chi connectivity index (χ0v) is 23.2. The minimum atomic E-state index is -0.893. The van der Waals surface area contributed by atoms with E-state index in [4.69, 9.17) is 28.9 Å². The van der Waals surface area contributed by atoms with Gasteiger partial charge in [0, 0.05) is 22.4 Å². The van der Waals surface area contributed by atoms with Crippen molar-refractivity contribution in [3.8, 4) is 5.75 Å². The summed E-state index contributed by atoms with van der Waals surface area (Å²) >= 11 is 12.7. The minimum Gasteiger partial charge on any atom is -0.507 e. The van der Waals surface area contributed by atoms with Crippen molar-refractivity contribution >= 4 is 68.6 Å². The van der Waals surface area contributed by atoms with Crippen LogP contribution in [0.15, 0.2) is 65.8 Å². The maximum Gasteiger partial charge on any atom is 0.347 e. The number of anilines is 1. The lowest BCUT2D eigenvalue weighted by atomic mass is 10.0. The second kappa shape index (κ2) is 12.1. The maximum atomic E-state index is 12.8. The third-order valence-electron chi connectivity index (χ3n) is 5.19. The molecule has 3 aromatic carbocycles. The van der Waals surface area contributed by atoms with E-state index >= 15 is 0 Å². The summed E-state index contributed by atoms with van der Waals surface area (Å²) in [6, 6.07) is 16.8. The van der Waals surface area contributed by atoms with Crippen LogP contribution in [0.1, 0.15) is 33.3 Å². The second-order valence-corrected chi connectivity index (χ2v) is 11.8. The van der Waals surface area contributed by atoms with Crippen LogP contribution in [-0.4, -0.2) is 59.1 Å². The highest BCUT2D eigenvalue weighted by atomic mass is 35.5. The molecule has 1 aliphatic heterocycles. The summed E-state index contributed by atoms with van der Waals surface area (Å²) < 4.78 is -0.277. The number of amides is 2. The molecular weight excluding hydrogens is 532 g/mol. The van der Waals surface area contributed by atoms with Gasteiger partial charge in [-0.2, -0.15) is 10.2 Å². The molecule has 3 aromatic rings. The van der Waals surface area contributed by atoms with Gasteiger partial charge in [0.15, 0.2) is 10.5 Å². The number of halogens is 1. The fraction of sp³-hybridized carbons (Fsp3) is 0.269. The highest BCUT2D eigenvalue weighted by molar-refractivity contribution is 8.24. The molecule has 11 heteroatoms. The van der Waals surface area contributed by atoms with Crippen LogP contribution in [-0.2, 0) is 0 Å². The molecule has 4 rings (SSSR count). The lowest BCUT2D eigenvalue weighted by Crippen LogP contribution is -2.54. The first kappa shape index (κ1) is 28.7. The Hall–Kier alpha value is -2.89.